The van der Waals surface area contributed by atoms with E-state index in [-0.39, 0.29) is 5.97 Å². The first-order valence-corrected chi connectivity index (χ1v) is 5.20. The highest BCUT2D eigenvalue weighted by Gasteiger charge is 1.89. The van der Waals surface area contributed by atoms with Gasteiger partial charge in [-0.05, 0) is 26.7 Å². The Morgan fingerprint density at radius 2 is 2.20 bits per heavy atom. The number of rotatable bonds is 6. The molecule has 0 aliphatic carbocycles. The van der Waals surface area contributed by atoms with Gasteiger partial charge >= 0.3 is 5.97 Å². The average molecular weight is 206 g/mol. The van der Waals surface area contributed by atoms with Gasteiger partial charge in [-0.3, -0.25) is 0 Å². The summed E-state index contributed by atoms with van der Waals surface area (Å²) in [6.45, 7) is 4.05. The molecule has 0 heterocycles. The van der Waals surface area contributed by atoms with E-state index in [1.165, 1.54) is 6.08 Å². The summed E-state index contributed by atoms with van der Waals surface area (Å²) in [6.07, 6.45) is 9.98. The van der Waals surface area contributed by atoms with Crippen molar-refractivity contribution in [3.05, 3.63) is 24.3 Å². The molecule has 0 amide bonds. The van der Waals surface area contributed by atoms with E-state index >= 15 is 0 Å². The smallest absolute Gasteiger partial charge is 0.330 e. The molecule has 2 nitrogen and oxygen atoms in total. The molecule has 0 aromatic rings. The highest BCUT2D eigenvalue weighted by molar-refractivity contribution is 5.82. The van der Waals surface area contributed by atoms with Crippen LogP contribution in [0.5, 0.6) is 0 Å². The van der Waals surface area contributed by atoms with Crippen LogP contribution in [0.1, 0.15) is 33.1 Å². The van der Waals surface area contributed by atoms with Crippen LogP contribution in [0.3, 0.4) is 0 Å². The van der Waals surface area contributed by atoms with E-state index in [2.05, 4.69) is 11.8 Å². The average Bonchev–Trinajstić information content (AvgIpc) is 2.22. The summed E-state index contributed by atoms with van der Waals surface area (Å²) < 4.78 is 4.72. The van der Waals surface area contributed by atoms with E-state index in [0.29, 0.717) is 6.61 Å². The molecule has 0 atom stereocenters. The molecule has 2 heteroatoms. The monoisotopic (exact) mass is 206 g/mol. The Morgan fingerprint density at radius 3 is 2.87 bits per heavy atom. The highest BCUT2D eigenvalue weighted by Crippen LogP contribution is 1.95. The summed E-state index contributed by atoms with van der Waals surface area (Å²) >= 11 is 0. The molecule has 0 aliphatic heterocycles. The predicted octanol–water partition coefficient (Wildman–Crippen LogP) is 2.86. The second-order valence-corrected chi connectivity index (χ2v) is 2.86. The molecule has 0 aliphatic rings. The molecule has 0 N–H and O–H groups in total. The zero-order valence-corrected chi connectivity index (χ0v) is 9.45. The summed E-state index contributed by atoms with van der Waals surface area (Å²) in [5.74, 6) is 5.55. The van der Waals surface area contributed by atoms with Gasteiger partial charge in [0.15, 0.2) is 0 Å². The summed E-state index contributed by atoms with van der Waals surface area (Å²) in [5.41, 5.74) is 0. The molecule has 0 spiro atoms. The number of carbonyl (C=O) groups is 1. The van der Waals surface area contributed by atoms with Crippen molar-refractivity contribution in [2.75, 3.05) is 6.61 Å². The fraction of sp³-hybridized carbons (Fsp3) is 0.462. The van der Waals surface area contributed by atoms with Crippen LogP contribution in [0.4, 0.5) is 0 Å². The summed E-state index contributed by atoms with van der Waals surface area (Å²) in [6, 6.07) is 0. The number of carbonyl (C=O) groups excluding carboxylic acids is 1. The van der Waals surface area contributed by atoms with Crippen LogP contribution in [-0.4, -0.2) is 12.6 Å². The van der Waals surface area contributed by atoms with Crippen molar-refractivity contribution in [2.24, 2.45) is 0 Å². The molecule has 0 saturated heterocycles. The first-order valence-electron chi connectivity index (χ1n) is 5.20. The van der Waals surface area contributed by atoms with Gasteiger partial charge in [0, 0.05) is 12.5 Å². The van der Waals surface area contributed by atoms with E-state index < -0.39 is 0 Å². The number of allylic oxidation sites excluding steroid dienone is 3. The van der Waals surface area contributed by atoms with Gasteiger partial charge in [0.05, 0.1) is 6.61 Å². The lowest BCUT2D eigenvalue weighted by atomic mass is 10.2. The van der Waals surface area contributed by atoms with E-state index in [1.54, 1.807) is 13.0 Å². The number of esters is 1. The van der Waals surface area contributed by atoms with E-state index in [1.807, 2.05) is 19.1 Å². The minimum absolute atomic E-state index is 0.293. The summed E-state index contributed by atoms with van der Waals surface area (Å²) in [7, 11) is 0. The second kappa shape index (κ2) is 10.6. The Hall–Kier alpha value is -1.49. The van der Waals surface area contributed by atoms with Crippen molar-refractivity contribution >= 4 is 5.97 Å². The van der Waals surface area contributed by atoms with Crippen LogP contribution in [-0.2, 0) is 9.53 Å². The third-order valence-electron chi connectivity index (χ3n) is 1.62. The van der Waals surface area contributed by atoms with Crippen molar-refractivity contribution in [2.45, 2.75) is 33.1 Å². The van der Waals surface area contributed by atoms with Gasteiger partial charge in [0.2, 0.25) is 0 Å². The minimum atomic E-state index is -0.293. The number of hydrogen-bond acceptors (Lipinski definition) is 2. The molecule has 0 aromatic heterocycles. The molecule has 0 fully saturated rings. The molecular weight excluding hydrogens is 188 g/mol. The van der Waals surface area contributed by atoms with Crippen LogP contribution >= 0.6 is 0 Å². The Kier molecular flexibility index (Phi) is 9.54. The topological polar surface area (TPSA) is 26.3 Å². The molecule has 0 bridgehead atoms. The number of unbranched alkanes of at least 4 members (excludes halogenated alkanes) is 2. The Balaban J connectivity index is 3.51. The molecular formula is C13H18O2. The lowest BCUT2D eigenvalue weighted by Gasteiger charge is -1.92. The fourth-order valence-electron chi connectivity index (χ4n) is 0.933. The third-order valence-corrected chi connectivity index (χ3v) is 1.62. The van der Waals surface area contributed by atoms with Gasteiger partial charge in [0.1, 0.15) is 0 Å². The van der Waals surface area contributed by atoms with E-state index in [0.717, 1.165) is 19.3 Å². The Labute approximate surface area is 92.0 Å². The first kappa shape index (κ1) is 13.5. The molecule has 0 saturated carbocycles. The van der Waals surface area contributed by atoms with Gasteiger partial charge in [-0.15, -0.1) is 11.8 Å². The maximum Gasteiger partial charge on any atom is 0.330 e. The van der Waals surface area contributed by atoms with E-state index in [4.69, 9.17) is 4.74 Å². The zero-order valence-electron chi connectivity index (χ0n) is 9.45. The van der Waals surface area contributed by atoms with Crippen LogP contribution in [0.15, 0.2) is 24.3 Å². The molecule has 82 valence electrons. The molecule has 0 aromatic carbocycles. The van der Waals surface area contributed by atoms with Crippen LogP contribution < -0.4 is 0 Å². The Bertz CT molecular complexity index is 277. The second-order valence-electron chi connectivity index (χ2n) is 2.86. The lowest BCUT2D eigenvalue weighted by molar-refractivity contribution is -0.137. The fourth-order valence-corrected chi connectivity index (χ4v) is 0.933. The van der Waals surface area contributed by atoms with Crippen molar-refractivity contribution in [1.82, 2.24) is 0 Å². The number of ether oxygens (including phenoxy) is 1. The number of hydrogen-bond donors (Lipinski definition) is 0. The van der Waals surface area contributed by atoms with Crippen LogP contribution in [0.2, 0.25) is 0 Å². The minimum Gasteiger partial charge on any atom is -0.463 e. The zero-order chi connectivity index (χ0) is 11.4. The van der Waals surface area contributed by atoms with Gasteiger partial charge in [-0.2, -0.15) is 0 Å². The molecule has 0 unspecified atom stereocenters. The van der Waals surface area contributed by atoms with Crippen molar-refractivity contribution in [1.29, 1.82) is 0 Å². The highest BCUT2D eigenvalue weighted by atomic mass is 16.5. The summed E-state index contributed by atoms with van der Waals surface area (Å²) in [4.78, 5) is 10.9. The Morgan fingerprint density at radius 1 is 1.40 bits per heavy atom. The van der Waals surface area contributed by atoms with Gasteiger partial charge in [-0.25, -0.2) is 4.79 Å². The maximum absolute atomic E-state index is 10.9. The van der Waals surface area contributed by atoms with Crippen LogP contribution in [0, 0.1) is 11.8 Å². The standard InChI is InChI=1S/C13H18O2/c1-3-5-6-7-8-9-10-11-12-13(14)15-4-2/h9-12H,4,6-8H2,1-2H3/b10-9+,12-11+. The van der Waals surface area contributed by atoms with Crippen molar-refractivity contribution in [3.63, 3.8) is 0 Å². The maximum atomic E-state index is 10.9. The molecule has 15 heavy (non-hydrogen) atoms. The first-order chi connectivity index (χ1) is 7.31. The summed E-state index contributed by atoms with van der Waals surface area (Å²) in [5, 5.41) is 0. The SMILES string of the molecule is CC#CCCC/C=C/C=C/C(=O)OCC. The van der Waals surface area contributed by atoms with Crippen molar-refractivity contribution < 1.29 is 9.53 Å². The largest absolute Gasteiger partial charge is 0.463 e. The quantitative estimate of drug-likeness (QED) is 0.219. The molecule has 0 rings (SSSR count). The van der Waals surface area contributed by atoms with Crippen molar-refractivity contribution in [3.8, 4) is 11.8 Å². The normalized spacial score (nSPS) is 10.3. The third kappa shape index (κ3) is 10.4. The lowest BCUT2D eigenvalue weighted by Crippen LogP contribution is -1.98. The van der Waals surface area contributed by atoms with Gasteiger partial charge in [0.25, 0.3) is 0 Å². The van der Waals surface area contributed by atoms with Gasteiger partial charge in [-0.1, -0.05) is 18.2 Å². The van der Waals surface area contributed by atoms with E-state index in [9.17, 15) is 4.79 Å². The predicted molar refractivity (Wildman–Crippen MR) is 62.2 cm³/mol. The van der Waals surface area contributed by atoms with Crippen LogP contribution in [0.25, 0.3) is 0 Å². The van der Waals surface area contributed by atoms with Gasteiger partial charge < -0.3 is 4.74 Å². The molecule has 0 radical (unpaired) electrons.